The number of carboxylic acid groups (broad SMARTS) is 1. The lowest BCUT2D eigenvalue weighted by molar-refractivity contribution is -0.137. The monoisotopic (exact) mass is 368 g/mol. The lowest BCUT2D eigenvalue weighted by Crippen LogP contribution is -2.41. The van der Waals surface area contributed by atoms with Crippen LogP contribution in [0.15, 0.2) is 22.7 Å². The summed E-state index contributed by atoms with van der Waals surface area (Å²) in [5.41, 5.74) is 1.03. The lowest BCUT2D eigenvalue weighted by Gasteiger charge is -2.32. The molecule has 0 aliphatic carbocycles. The van der Waals surface area contributed by atoms with E-state index >= 15 is 0 Å². The van der Waals surface area contributed by atoms with Crippen LogP contribution in [0.25, 0.3) is 0 Å². The molecule has 120 valence electrons. The molecule has 1 fully saturated rings. The third kappa shape index (κ3) is 3.39. The molecule has 6 heteroatoms. The summed E-state index contributed by atoms with van der Waals surface area (Å²) in [5, 5.41) is 9.27. The molecule has 1 N–H and O–H groups in total. The molecule has 2 rings (SSSR count). The van der Waals surface area contributed by atoms with Crippen LogP contribution in [-0.2, 0) is 14.1 Å². The highest BCUT2D eigenvalue weighted by atomic mass is 79.9. The number of hydrogen-bond acceptors (Lipinski definition) is 3. The second-order valence-corrected chi connectivity index (χ2v) is 7.69. The van der Waals surface area contributed by atoms with Gasteiger partial charge in [0.05, 0.1) is 17.6 Å². The Morgan fingerprint density at radius 3 is 2.27 bits per heavy atom. The van der Waals surface area contributed by atoms with Crippen LogP contribution in [0.3, 0.4) is 0 Å². The topological polar surface area (TPSA) is 55.8 Å². The Hall–Kier alpha value is -0.845. The van der Waals surface area contributed by atoms with Gasteiger partial charge < -0.3 is 14.4 Å². The highest BCUT2D eigenvalue weighted by Crippen LogP contribution is 2.42. The van der Waals surface area contributed by atoms with Gasteiger partial charge in [-0.1, -0.05) is 28.1 Å². The Morgan fingerprint density at radius 2 is 1.82 bits per heavy atom. The Bertz CT molecular complexity index is 570. The number of rotatable bonds is 4. The van der Waals surface area contributed by atoms with E-state index in [4.69, 9.17) is 9.31 Å². The van der Waals surface area contributed by atoms with Crippen molar-refractivity contribution in [1.82, 2.24) is 0 Å². The van der Waals surface area contributed by atoms with E-state index in [9.17, 15) is 9.90 Å². The molecule has 1 unspecified atom stereocenters. The quantitative estimate of drug-likeness (QED) is 0.817. The molecule has 1 aliphatic rings. The summed E-state index contributed by atoms with van der Waals surface area (Å²) in [6.07, 6.45) is -0.0299. The van der Waals surface area contributed by atoms with Crippen LogP contribution < -0.4 is 0 Å². The lowest BCUT2D eigenvalue weighted by atomic mass is 9.66. The number of carboxylic acids is 1. The van der Waals surface area contributed by atoms with E-state index in [1.54, 1.807) is 0 Å². The molecule has 0 amide bonds. The first-order chi connectivity index (χ1) is 10.0. The molecule has 1 atom stereocenters. The standard InChI is InChI=1S/C16H22BBrO4/c1-10-8-11(6-7-13(10)18)12(9-14(19)20)17-21-15(2,3)16(4,5)22-17/h6-8,12H,9H2,1-5H3,(H,19,20). The normalized spacial score (nSPS) is 20.9. The third-order valence-electron chi connectivity index (χ3n) is 4.60. The number of hydrogen-bond donors (Lipinski definition) is 1. The maximum Gasteiger partial charge on any atom is 0.466 e. The van der Waals surface area contributed by atoms with Gasteiger partial charge in [0.1, 0.15) is 0 Å². The van der Waals surface area contributed by atoms with E-state index in [0.717, 1.165) is 15.6 Å². The summed E-state index contributed by atoms with van der Waals surface area (Å²) in [6.45, 7) is 9.86. The van der Waals surface area contributed by atoms with Crippen molar-refractivity contribution in [2.75, 3.05) is 0 Å². The third-order valence-corrected chi connectivity index (χ3v) is 5.49. The first-order valence-corrected chi connectivity index (χ1v) is 8.16. The van der Waals surface area contributed by atoms with Crippen molar-refractivity contribution in [3.05, 3.63) is 33.8 Å². The Labute approximate surface area is 140 Å². The highest BCUT2D eigenvalue weighted by Gasteiger charge is 2.54. The van der Waals surface area contributed by atoms with Crippen molar-refractivity contribution >= 4 is 29.0 Å². The fourth-order valence-corrected chi connectivity index (χ4v) is 2.76. The number of benzene rings is 1. The van der Waals surface area contributed by atoms with Gasteiger partial charge in [0.25, 0.3) is 0 Å². The molecule has 0 aromatic heterocycles. The van der Waals surface area contributed by atoms with Gasteiger partial charge in [-0.15, -0.1) is 0 Å². The van der Waals surface area contributed by atoms with Crippen LogP contribution in [0, 0.1) is 6.92 Å². The fourth-order valence-electron chi connectivity index (χ4n) is 2.51. The molecule has 1 saturated heterocycles. The Morgan fingerprint density at radius 1 is 1.27 bits per heavy atom. The fraction of sp³-hybridized carbons (Fsp3) is 0.562. The van der Waals surface area contributed by atoms with Gasteiger partial charge in [-0.05, 0) is 51.8 Å². The molecule has 1 aromatic rings. The summed E-state index contributed by atoms with van der Waals surface area (Å²) >= 11 is 3.47. The minimum atomic E-state index is -0.861. The number of aryl methyl sites for hydroxylation is 1. The molecule has 0 bridgehead atoms. The average Bonchev–Trinajstić information content (AvgIpc) is 2.59. The van der Waals surface area contributed by atoms with Crippen LogP contribution in [-0.4, -0.2) is 29.4 Å². The number of halogens is 1. The van der Waals surface area contributed by atoms with E-state index < -0.39 is 24.3 Å². The molecule has 1 heterocycles. The first kappa shape index (κ1) is 17.5. The van der Waals surface area contributed by atoms with Gasteiger partial charge in [0.15, 0.2) is 0 Å². The van der Waals surface area contributed by atoms with E-state index in [1.807, 2.05) is 52.8 Å². The minimum Gasteiger partial charge on any atom is -0.481 e. The van der Waals surface area contributed by atoms with Crippen LogP contribution in [0.4, 0.5) is 0 Å². The zero-order valence-electron chi connectivity index (χ0n) is 13.6. The summed E-state index contributed by atoms with van der Waals surface area (Å²) in [5.74, 6) is -1.20. The van der Waals surface area contributed by atoms with Crippen LogP contribution in [0.1, 0.15) is 51.1 Å². The largest absolute Gasteiger partial charge is 0.481 e. The molecule has 1 aliphatic heterocycles. The van der Waals surface area contributed by atoms with Crippen molar-refractivity contribution < 1.29 is 19.2 Å². The number of aliphatic carboxylic acids is 1. The van der Waals surface area contributed by atoms with Crippen LogP contribution in [0.2, 0.25) is 0 Å². The van der Waals surface area contributed by atoms with E-state index in [-0.39, 0.29) is 12.2 Å². The predicted molar refractivity (Wildman–Crippen MR) is 90.0 cm³/mol. The maximum absolute atomic E-state index is 11.3. The second kappa shape index (κ2) is 5.98. The molecule has 4 nitrogen and oxygen atoms in total. The second-order valence-electron chi connectivity index (χ2n) is 6.84. The van der Waals surface area contributed by atoms with E-state index in [1.165, 1.54) is 0 Å². The molecule has 0 radical (unpaired) electrons. The first-order valence-electron chi connectivity index (χ1n) is 7.37. The number of carbonyl (C=O) groups is 1. The van der Waals surface area contributed by atoms with Crippen molar-refractivity contribution in [1.29, 1.82) is 0 Å². The predicted octanol–water partition coefficient (Wildman–Crippen LogP) is 3.95. The minimum absolute atomic E-state index is 0.0299. The van der Waals surface area contributed by atoms with Crippen LogP contribution >= 0.6 is 15.9 Å². The van der Waals surface area contributed by atoms with E-state index in [2.05, 4.69) is 15.9 Å². The Kier molecular flexibility index (Phi) is 4.76. The molecular weight excluding hydrogens is 347 g/mol. The van der Waals surface area contributed by atoms with Gasteiger partial charge in [-0.3, -0.25) is 4.79 Å². The summed E-state index contributed by atoms with van der Waals surface area (Å²) in [6, 6.07) is 5.85. The molecular formula is C16H22BBrO4. The molecule has 1 aromatic carbocycles. The zero-order chi connectivity index (χ0) is 16.7. The highest BCUT2D eigenvalue weighted by molar-refractivity contribution is 9.10. The SMILES string of the molecule is Cc1cc(C(CC(=O)O)B2OC(C)(C)C(C)(C)O2)ccc1Br. The molecule has 0 spiro atoms. The van der Waals surface area contributed by atoms with Gasteiger partial charge in [-0.2, -0.15) is 0 Å². The van der Waals surface area contributed by atoms with Gasteiger partial charge in [0.2, 0.25) is 0 Å². The van der Waals surface area contributed by atoms with Crippen molar-refractivity contribution in [2.24, 2.45) is 0 Å². The molecule has 22 heavy (non-hydrogen) atoms. The smallest absolute Gasteiger partial charge is 0.466 e. The summed E-state index contributed by atoms with van der Waals surface area (Å²) < 4.78 is 13.1. The van der Waals surface area contributed by atoms with Gasteiger partial charge in [0, 0.05) is 10.3 Å². The van der Waals surface area contributed by atoms with E-state index in [0.29, 0.717) is 0 Å². The van der Waals surface area contributed by atoms with Crippen molar-refractivity contribution in [2.45, 2.75) is 58.1 Å². The maximum atomic E-state index is 11.3. The van der Waals surface area contributed by atoms with Crippen molar-refractivity contribution in [3.63, 3.8) is 0 Å². The van der Waals surface area contributed by atoms with Gasteiger partial charge >= 0.3 is 13.1 Å². The van der Waals surface area contributed by atoms with Crippen molar-refractivity contribution in [3.8, 4) is 0 Å². The average molecular weight is 369 g/mol. The summed E-state index contributed by atoms with van der Waals surface area (Å²) in [4.78, 5) is 11.3. The summed E-state index contributed by atoms with van der Waals surface area (Å²) in [7, 11) is -0.568. The van der Waals surface area contributed by atoms with Gasteiger partial charge in [-0.25, -0.2) is 0 Å². The zero-order valence-corrected chi connectivity index (χ0v) is 15.2. The molecule has 0 saturated carbocycles. The Balaban J connectivity index is 2.35. The van der Waals surface area contributed by atoms with Crippen LogP contribution in [0.5, 0.6) is 0 Å².